The zero-order valence-electron chi connectivity index (χ0n) is 29.4. The molecule has 0 aliphatic heterocycles. The van der Waals surface area contributed by atoms with Crippen LogP contribution in [0.25, 0.3) is 10.8 Å². The molecule has 5 nitrogen and oxygen atoms in total. The van der Waals surface area contributed by atoms with Gasteiger partial charge in [-0.15, -0.1) is 0 Å². The van der Waals surface area contributed by atoms with E-state index in [1.165, 1.54) is 0 Å². The summed E-state index contributed by atoms with van der Waals surface area (Å²) in [5.41, 5.74) is 8.36. The fourth-order valence-electron chi connectivity index (χ4n) is 8.05. The van der Waals surface area contributed by atoms with Gasteiger partial charge in [0.1, 0.15) is 6.04 Å². The molecule has 52 heavy (non-hydrogen) atoms. The molecule has 1 N–H and O–H groups in total. The Kier molecular flexibility index (Phi) is 8.92. The summed E-state index contributed by atoms with van der Waals surface area (Å²) < 4.78 is 19.1. The number of ether oxygens (including phenoxy) is 3. The fourth-order valence-corrected chi connectivity index (χ4v) is 8.05. The summed E-state index contributed by atoms with van der Waals surface area (Å²) in [6.45, 7) is 0. The second kappa shape index (κ2) is 14.1. The summed E-state index contributed by atoms with van der Waals surface area (Å²) in [4.78, 5) is 14.6. The van der Waals surface area contributed by atoms with Gasteiger partial charge in [0.25, 0.3) is 0 Å². The zero-order valence-corrected chi connectivity index (χ0v) is 29.4. The van der Waals surface area contributed by atoms with Crippen molar-refractivity contribution in [2.24, 2.45) is 0 Å². The van der Waals surface area contributed by atoms with Gasteiger partial charge in [-0.2, -0.15) is 0 Å². The first kappa shape index (κ1) is 32.9. The minimum Gasteiger partial charge on any atom is -0.492 e. The van der Waals surface area contributed by atoms with Gasteiger partial charge in [0.15, 0.2) is 17.3 Å². The van der Waals surface area contributed by atoms with Crippen LogP contribution in [0.5, 0.6) is 17.2 Å². The smallest absolute Gasteiger partial charge is 0.204 e. The van der Waals surface area contributed by atoms with E-state index in [9.17, 15) is 4.79 Å². The monoisotopic (exact) mass is 681 g/mol. The number of carbonyl (C=O) groups is 1. The van der Waals surface area contributed by atoms with Crippen LogP contribution in [0.15, 0.2) is 158 Å². The molecule has 0 aromatic heterocycles. The van der Waals surface area contributed by atoms with Gasteiger partial charge < -0.3 is 19.5 Å². The number of hydrogen-bond donors (Lipinski definition) is 1. The minimum absolute atomic E-state index is 0.0180. The number of anilines is 1. The quantitative estimate of drug-likeness (QED) is 0.138. The van der Waals surface area contributed by atoms with E-state index >= 15 is 0 Å². The van der Waals surface area contributed by atoms with Crippen LogP contribution in [0.1, 0.15) is 67.2 Å². The highest BCUT2D eigenvalue weighted by molar-refractivity contribution is 6.19. The van der Waals surface area contributed by atoms with Gasteiger partial charge in [-0.05, 0) is 38.6 Å². The second-order valence-corrected chi connectivity index (χ2v) is 13.0. The number of rotatable bonds is 11. The van der Waals surface area contributed by atoms with Gasteiger partial charge in [0.05, 0.1) is 27.0 Å². The van der Waals surface area contributed by atoms with Crippen LogP contribution in [0.3, 0.4) is 0 Å². The maximum Gasteiger partial charge on any atom is 0.204 e. The normalized spacial score (nSPS) is 13.5. The number of nitrogens with one attached hydrogen (secondary N) is 1. The number of Topliss-reactive ketones (excluding diaryl/α,β-unsaturated/α-hetero) is 1. The molecule has 0 saturated carbocycles. The Morgan fingerprint density at radius 1 is 0.481 bits per heavy atom. The topological polar surface area (TPSA) is 56.8 Å². The number of hydrogen-bond acceptors (Lipinski definition) is 5. The molecule has 1 aliphatic rings. The van der Waals surface area contributed by atoms with Crippen molar-refractivity contribution in [3.05, 3.63) is 202 Å². The van der Waals surface area contributed by atoms with E-state index in [2.05, 4.69) is 121 Å². The van der Waals surface area contributed by atoms with Crippen LogP contribution in [0, 0.1) is 0 Å². The van der Waals surface area contributed by atoms with Crippen molar-refractivity contribution in [3.63, 3.8) is 0 Å². The van der Waals surface area contributed by atoms with Crippen molar-refractivity contribution in [1.29, 1.82) is 0 Å². The lowest BCUT2D eigenvalue weighted by Gasteiger charge is -2.33. The van der Waals surface area contributed by atoms with E-state index < -0.39 is 6.04 Å². The molecule has 1 unspecified atom stereocenters. The summed E-state index contributed by atoms with van der Waals surface area (Å²) >= 11 is 0. The van der Waals surface area contributed by atoms with Crippen molar-refractivity contribution in [2.45, 2.75) is 17.9 Å². The first-order valence-corrected chi connectivity index (χ1v) is 17.5. The Balaban J connectivity index is 1.52. The summed E-state index contributed by atoms with van der Waals surface area (Å²) in [6, 6.07) is 53.1. The largest absolute Gasteiger partial charge is 0.492 e. The molecule has 0 saturated heterocycles. The van der Waals surface area contributed by atoms with E-state index in [-0.39, 0.29) is 17.6 Å². The summed E-state index contributed by atoms with van der Waals surface area (Å²) in [7, 11) is 4.99. The molecule has 0 fully saturated rings. The molecule has 0 bridgehead atoms. The van der Waals surface area contributed by atoms with Gasteiger partial charge >= 0.3 is 0 Å². The highest BCUT2D eigenvalue weighted by atomic mass is 16.5. The molecule has 0 heterocycles. The Morgan fingerprint density at radius 3 is 1.29 bits per heavy atom. The Hall–Kier alpha value is -6.33. The average molecular weight is 682 g/mol. The first-order chi connectivity index (χ1) is 25.6. The standard InChI is InChI=1S/C47H39NO4/c1-50-45-40(37(30-18-8-4-9-19-30)31-20-10-5-11-21-31)43(48-42-35-28-16-26-34-27-17-29-36(39(34)35)44(42)49)41(46(51-2)47(45)52-3)38(32-22-12-6-13-23-32)33-24-14-7-15-25-33/h4-29,37-38,42,48H,1-3H3. The van der Waals surface area contributed by atoms with Crippen molar-refractivity contribution in [1.82, 2.24) is 0 Å². The molecule has 5 heteroatoms. The fraction of sp³-hybridized carbons (Fsp3) is 0.128. The molecular weight excluding hydrogens is 643 g/mol. The Labute approximate surface area is 304 Å². The maximum atomic E-state index is 14.6. The lowest BCUT2D eigenvalue weighted by Crippen LogP contribution is -2.22. The van der Waals surface area contributed by atoms with E-state index in [1.54, 1.807) is 21.3 Å². The van der Waals surface area contributed by atoms with Gasteiger partial charge in [0, 0.05) is 28.5 Å². The zero-order chi connectivity index (χ0) is 35.6. The van der Waals surface area contributed by atoms with Crippen LogP contribution in [0.2, 0.25) is 0 Å². The molecule has 1 aliphatic carbocycles. The lowest BCUT2D eigenvalue weighted by molar-refractivity contribution is 0.0977. The van der Waals surface area contributed by atoms with Crippen molar-refractivity contribution >= 4 is 22.2 Å². The number of benzene rings is 7. The number of ketones is 1. The predicted octanol–water partition coefficient (Wildman–Crippen LogP) is 10.6. The molecule has 256 valence electrons. The van der Waals surface area contributed by atoms with Crippen molar-refractivity contribution in [3.8, 4) is 17.2 Å². The molecule has 7 aromatic rings. The van der Waals surface area contributed by atoms with E-state index in [4.69, 9.17) is 14.2 Å². The molecule has 0 radical (unpaired) electrons. The van der Waals surface area contributed by atoms with Gasteiger partial charge in [-0.25, -0.2) is 0 Å². The second-order valence-electron chi connectivity index (χ2n) is 13.0. The minimum atomic E-state index is -0.666. The third-order valence-electron chi connectivity index (χ3n) is 10.2. The van der Waals surface area contributed by atoms with E-state index in [1.807, 2.05) is 42.5 Å². The van der Waals surface area contributed by atoms with Crippen molar-refractivity contribution < 1.29 is 19.0 Å². The van der Waals surface area contributed by atoms with Crippen molar-refractivity contribution in [2.75, 3.05) is 26.6 Å². The van der Waals surface area contributed by atoms with Gasteiger partial charge in [-0.1, -0.05) is 158 Å². The molecule has 0 amide bonds. The maximum absolute atomic E-state index is 14.6. The Morgan fingerprint density at radius 2 is 0.885 bits per heavy atom. The molecule has 8 rings (SSSR count). The molecular formula is C47H39NO4. The molecule has 0 spiro atoms. The SMILES string of the molecule is COc1c(OC)c(C(c2ccccc2)c2ccccc2)c(NC2C(=O)c3cccc4cccc2c34)c(C(c2ccccc2)c2ccccc2)c1OC. The van der Waals surface area contributed by atoms with E-state index in [0.717, 1.165) is 55.4 Å². The van der Waals surface area contributed by atoms with Crippen LogP contribution >= 0.6 is 0 Å². The Bertz CT molecular complexity index is 2160. The van der Waals surface area contributed by atoms with Gasteiger partial charge in [0.2, 0.25) is 5.75 Å². The molecule has 1 atom stereocenters. The number of methoxy groups -OCH3 is 3. The van der Waals surface area contributed by atoms with Crippen LogP contribution in [-0.4, -0.2) is 27.1 Å². The third kappa shape index (κ3) is 5.55. The highest BCUT2D eigenvalue weighted by Crippen LogP contribution is 2.57. The van der Waals surface area contributed by atoms with Crippen LogP contribution in [-0.2, 0) is 0 Å². The lowest BCUT2D eigenvalue weighted by atomic mass is 9.77. The van der Waals surface area contributed by atoms with Crippen LogP contribution in [0.4, 0.5) is 5.69 Å². The van der Waals surface area contributed by atoms with E-state index in [0.29, 0.717) is 22.8 Å². The predicted molar refractivity (Wildman–Crippen MR) is 208 cm³/mol. The molecule has 7 aromatic carbocycles. The highest BCUT2D eigenvalue weighted by Gasteiger charge is 2.40. The summed E-state index contributed by atoms with van der Waals surface area (Å²) in [5.74, 6) is 0.927. The first-order valence-electron chi connectivity index (χ1n) is 17.5. The number of carbonyl (C=O) groups excluding carboxylic acids is 1. The average Bonchev–Trinajstić information content (AvgIpc) is 3.48. The third-order valence-corrected chi connectivity index (χ3v) is 10.2. The van der Waals surface area contributed by atoms with Crippen LogP contribution < -0.4 is 19.5 Å². The summed E-state index contributed by atoms with van der Waals surface area (Å²) in [5, 5.41) is 5.93. The summed E-state index contributed by atoms with van der Waals surface area (Å²) in [6.07, 6.45) is 0. The van der Waals surface area contributed by atoms with Gasteiger partial charge in [-0.3, -0.25) is 4.79 Å².